The minimum atomic E-state index is -0.912. The smallest absolute Gasteiger partial charge is 0.332 e. The van der Waals surface area contributed by atoms with E-state index in [9.17, 15) is 9.59 Å². The van der Waals surface area contributed by atoms with Gasteiger partial charge in [0, 0.05) is 4.70 Å². The van der Waals surface area contributed by atoms with Crippen molar-refractivity contribution in [3.63, 3.8) is 0 Å². The first-order valence-corrected chi connectivity index (χ1v) is 10.8. The van der Waals surface area contributed by atoms with Gasteiger partial charge in [0.15, 0.2) is 0 Å². The maximum absolute atomic E-state index is 13.0. The summed E-state index contributed by atoms with van der Waals surface area (Å²) in [4.78, 5) is 26.6. The van der Waals surface area contributed by atoms with Gasteiger partial charge in [-0.25, -0.2) is 4.79 Å². The van der Waals surface area contributed by atoms with Crippen molar-refractivity contribution in [1.82, 2.24) is 5.32 Å². The Balaban J connectivity index is 1.49. The number of rotatable bonds is 5. The van der Waals surface area contributed by atoms with Crippen LogP contribution >= 0.6 is 11.3 Å². The second-order valence-corrected chi connectivity index (χ2v) is 8.66. The molecule has 5 heteroatoms. The summed E-state index contributed by atoms with van der Waals surface area (Å²) in [5.41, 5.74) is 0.117. The lowest BCUT2D eigenvalue weighted by Crippen LogP contribution is -2.56. The summed E-state index contributed by atoms with van der Waals surface area (Å²) in [5, 5.41) is 4.11. The quantitative estimate of drug-likeness (QED) is 0.712. The van der Waals surface area contributed by atoms with Crippen molar-refractivity contribution in [2.24, 2.45) is 0 Å². The molecule has 146 valence electrons. The van der Waals surface area contributed by atoms with E-state index in [1.807, 2.05) is 36.4 Å². The highest BCUT2D eigenvalue weighted by atomic mass is 32.1. The largest absolute Gasteiger partial charge is 0.459 e. The molecule has 28 heavy (non-hydrogen) atoms. The highest BCUT2D eigenvalue weighted by Gasteiger charge is 2.42. The van der Waals surface area contributed by atoms with Crippen LogP contribution in [0.5, 0.6) is 0 Å². The van der Waals surface area contributed by atoms with Crippen molar-refractivity contribution in [3.8, 4) is 0 Å². The fraction of sp³-hybridized carbons (Fsp3) is 0.391. The van der Waals surface area contributed by atoms with Crippen LogP contribution in [0.15, 0.2) is 54.1 Å². The molecule has 4 rings (SSSR count). The average molecular weight is 396 g/mol. The second kappa shape index (κ2) is 8.31. The normalized spacial score (nSPS) is 18.5. The highest BCUT2D eigenvalue weighted by molar-refractivity contribution is 7.20. The van der Waals surface area contributed by atoms with Gasteiger partial charge < -0.3 is 10.1 Å². The molecule has 1 heterocycles. The molecule has 0 unspecified atom stereocenters. The third-order valence-electron chi connectivity index (χ3n) is 5.54. The van der Waals surface area contributed by atoms with Crippen LogP contribution in [-0.4, -0.2) is 24.0 Å². The van der Waals surface area contributed by atoms with E-state index < -0.39 is 5.54 Å². The molecule has 0 aliphatic heterocycles. The minimum Gasteiger partial charge on any atom is -0.459 e. The van der Waals surface area contributed by atoms with E-state index in [-0.39, 0.29) is 18.5 Å². The van der Waals surface area contributed by atoms with E-state index in [1.54, 1.807) is 0 Å². The van der Waals surface area contributed by atoms with Gasteiger partial charge in [0.05, 0.1) is 4.88 Å². The van der Waals surface area contributed by atoms with Gasteiger partial charge in [-0.1, -0.05) is 55.7 Å². The molecule has 4 nitrogen and oxygen atoms in total. The number of amides is 1. The molecule has 0 saturated heterocycles. The van der Waals surface area contributed by atoms with Crippen molar-refractivity contribution >= 4 is 33.3 Å². The lowest BCUT2D eigenvalue weighted by Gasteiger charge is -2.35. The zero-order valence-corrected chi connectivity index (χ0v) is 16.7. The first-order valence-electron chi connectivity index (χ1n) is 10.0. The number of thiophene rings is 1. The highest BCUT2D eigenvalue weighted by Crippen LogP contribution is 2.32. The fourth-order valence-electron chi connectivity index (χ4n) is 3.97. The molecule has 1 amide bonds. The summed E-state index contributed by atoms with van der Waals surface area (Å²) >= 11 is 1.46. The first-order chi connectivity index (χ1) is 13.7. The zero-order chi connectivity index (χ0) is 19.4. The van der Waals surface area contributed by atoms with Crippen LogP contribution in [0.3, 0.4) is 0 Å². The monoisotopic (exact) mass is 395 g/mol. The molecular weight excluding hydrogens is 370 g/mol. The van der Waals surface area contributed by atoms with Crippen molar-refractivity contribution in [3.05, 3.63) is 59.0 Å². The second-order valence-electron chi connectivity index (χ2n) is 7.58. The van der Waals surface area contributed by atoms with Crippen LogP contribution in [0, 0.1) is 0 Å². The molecule has 0 spiro atoms. The van der Waals surface area contributed by atoms with E-state index in [1.165, 1.54) is 11.3 Å². The van der Waals surface area contributed by atoms with Gasteiger partial charge in [-0.15, -0.1) is 11.3 Å². The Morgan fingerprint density at radius 2 is 1.93 bits per heavy atom. The van der Waals surface area contributed by atoms with Crippen LogP contribution in [0.2, 0.25) is 0 Å². The van der Waals surface area contributed by atoms with Gasteiger partial charge in [0.2, 0.25) is 0 Å². The fourth-order valence-corrected chi connectivity index (χ4v) is 4.93. The molecule has 1 fully saturated rings. The van der Waals surface area contributed by atoms with Gasteiger partial charge in [0.1, 0.15) is 12.1 Å². The van der Waals surface area contributed by atoms with E-state index in [0.717, 1.165) is 47.8 Å². The maximum Gasteiger partial charge on any atom is 0.332 e. The predicted molar refractivity (Wildman–Crippen MR) is 113 cm³/mol. The van der Waals surface area contributed by atoms with Gasteiger partial charge in [0.25, 0.3) is 5.91 Å². The number of fused-ring (bicyclic) bond motifs is 1. The third-order valence-corrected chi connectivity index (χ3v) is 6.66. The Bertz CT molecular complexity index is 901. The molecule has 0 radical (unpaired) electrons. The van der Waals surface area contributed by atoms with Crippen LogP contribution in [0.1, 0.15) is 54.6 Å². The van der Waals surface area contributed by atoms with Crippen molar-refractivity contribution in [2.45, 2.75) is 50.5 Å². The molecule has 1 saturated carbocycles. The van der Waals surface area contributed by atoms with Gasteiger partial charge >= 0.3 is 5.97 Å². The molecule has 1 aromatic heterocycles. The van der Waals surface area contributed by atoms with Crippen molar-refractivity contribution in [2.75, 3.05) is 6.61 Å². The molecule has 2 aliphatic carbocycles. The van der Waals surface area contributed by atoms with E-state index in [0.29, 0.717) is 17.7 Å². The topological polar surface area (TPSA) is 55.4 Å². The summed E-state index contributed by atoms with van der Waals surface area (Å²) in [7, 11) is 0. The lowest BCUT2D eigenvalue weighted by molar-refractivity contribution is -0.151. The molecule has 0 bridgehead atoms. The van der Waals surface area contributed by atoms with Gasteiger partial charge in [-0.3, -0.25) is 4.79 Å². The number of allylic oxidation sites excluding steroid dienone is 2. The molecule has 2 aliphatic rings. The Morgan fingerprint density at radius 3 is 2.68 bits per heavy atom. The summed E-state index contributed by atoms with van der Waals surface area (Å²) < 4.78 is 6.72. The van der Waals surface area contributed by atoms with Gasteiger partial charge in [-0.2, -0.15) is 0 Å². The number of carbonyl (C=O) groups is 2. The number of carbonyl (C=O) groups excluding carboxylic acids is 2. The van der Waals surface area contributed by atoms with Crippen LogP contribution in [0.4, 0.5) is 0 Å². The van der Waals surface area contributed by atoms with Crippen LogP contribution < -0.4 is 5.32 Å². The number of hydrogen-bond donors (Lipinski definition) is 1. The van der Waals surface area contributed by atoms with Crippen molar-refractivity contribution < 1.29 is 14.3 Å². The standard InChI is InChI=1S/C23H25NO3S/c25-21(20-15-18-11-5-6-12-19(18)28-20)24-23(13-7-2-8-14-23)22(26)27-16-17-9-3-1-4-10-17/h3,5-6,9-12,15H,1-2,4,7-8,13-14,16H2,(H,24,25). The molecule has 2 aromatic rings. The predicted octanol–water partition coefficient (Wildman–Crippen LogP) is 5.15. The summed E-state index contributed by atoms with van der Waals surface area (Å²) in [6, 6.07) is 9.83. The minimum absolute atomic E-state index is 0.183. The Hall–Kier alpha value is -2.40. The maximum atomic E-state index is 13.0. The third kappa shape index (κ3) is 4.04. The van der Waals surface area contributed by atoms with Crippen LogP contribution in [-0.2, 0) is 9.53 Å². The van der Waals surface area contributed by atoms with E-state index >= 15 is 0 Å². The molecule has 1 aromatic carbocycles. The lowest BCUT2D eigenvalue weighted by atomic mass is 9.81. The number of ether oxygens (including phenoxy) is 1. The van der Waals surface area contributed by atoms with E-state index in [2.05, 4.69) is 17.5 Å². The van der Waals surface area contributed by atoms with Crippen molar-refractivity contribution in [1.29, 1.82) is 0 Å². The number of benzene rings is 1. The molecular formula is C23H25NO3S. The molecule has 1 N–H and O–H groups in total. The average Bonchev–Trinajstić information content (AvgIpc) is 3.18. The summed E-state index contributed by atoms with van der Waals surface area (Å²) in [6.07, 6.45) is 12.4. The summed E-state index contributed by atoms with van der Waals surface area (Å²) in [5.74, 6) is -0.488. The molecule has 0 atom stereocenters. The van der Waals surface area contributed by atoms with E-state index in [4.69, 9.17) is 4.74 Å². The van der Waals surface area contributed by atoms with Gasteiger partial charge in [-0.05, 0) is 48.8 Å². The number of hydrogen-bond acceptors (Lipinski definition) is 4. The van der Waals surface area contributed by atoms with Crippen LogP contribution in [0.25, 0.3) is 10.1 Å². The SMILES string of the molecule is O=C(NC1(C(=O)OCC2=CCCC=C2)CCCCC1)c1cc2ccccc2s1. The first kappa shape index (κ1) is 18.9. The zero-order valence-electron chi connectivity index (χ0n) is 15.9. The number of nitrogens with one attached hydrogen (secondary N) is 1. The Kier molecular flexibility index (Phi) is 5.62. The number of esters is 1. The Morgan fingerprint density at radius 1 is 1.11 bits per heavy atom. The summed E-state index contributed by atoms with van der Waals surface area (Å²) in [6.45, 7) is 0.274. The Labute approximate surface area is 169 Å².